The fourth-order valence-electron chi connectivity index (χ4n) is 5.40. The second kappa shape index (κ2) is 9.45. The molecule has 2 aromatic rings. The SMILES string of the molecule is CC1(C)[C@H](CCOCc2ccccc2)C[C@@H]1CN1CCC(c2ccccc2)CC1. The highest BCUT2D eigenvalue weighted by Crippen LogP contribution is 2.53. The Morgan fingerprint density at radius 3 is 2.21 bits per heavy atom. The summed E-state index contributed by atoms with van der Waals surface area (Å²) in [7, 11) is 0. The number of ether oxygens (including phenoxy) is 1. The van der Waals surface area contributed by atoms with Crippen LogP contribution in [0.5, 0.6) is 0 Å². The highest BCUT2D eigenvalue weighted by molar-refractivity contribution is 5.20. The quantitative estimate of drug-likeness (QED) is 0.502. The van der Waals surface area contributed by atoms with Gasteiger partial charge in [0.1, 0.15) is 0 Å². The van der Waals surface area contributed by atoms with E-state index in [4.69, 9.17) is 4.74 Å². The Labute approximate surface area is 177 Å². The molecule has 1 heterocycles. The molecule has 156 valence electrons. The van der Waals surface area contributed by atoms with E-state index in [0.717, 1.165) is 31.0 Å². The van der Waals surface area contributed by atoms with Crippen LogP contribution < -0.4 is 0 Å². The van der Waals surface area contributed by atoms with E-state index in [-0.39, 0.29) is 0 Å². The van der Waals surface area contributed by atoms with Crippen LogP contribution in [0.1, 0.15) is 56.6 Å². The van der Waals surface area contributed by atoms with Gasteiger partial charge in [-0.1, -0.05) is 74.5 Å². The Morgan fingerprint density at radius 2 is 1.55 bits per heavy atom. The summed E-state index contributed by atoms with van der Waals surface area (Å²) >= 11 is 0. The molecule has 1 aliphatic heterocycles. The van der Waals surface area contributed by atoms with Gasteiger partial charge in [0.2, 0.25) is 0 Å². The van der Waals surface area contributed by atoms with Crippen LogP contribution in [0.15, 0.2) is 60.7 Å². The first-order valence-corrected chi connectivity index (χ1v) is 11.5. The van der Waals surface area contributed by atoms with Gasteiger partial charge in [-0.05, 0) is 73.1 Å². The van der Waals surface area contributed by atoms with Crippen LogP contribution in [-0.4, -0.2) is 31.1 Å². The lowest BCUT2D eigenvalue weighted by molar-refractivity contribution is -0.0596. The molecule has 1 saturated heterocycles. The third kappa shape index (κ3) is 5.10. The molecule has 2 heteroatoms. The van der Waals surface area contributed by atoms with Gasteiger partial charge in [-0.2, -0.15) is 0 Å². The molecule has 2 atom stereocenters. The number of rotatable bonds is 8. The summed E-state index contributed by atoms with van der Waals surface area (Å²) in [6, 6.07) is 21.6. The Kier molecular flexibility index (Phi) is 6.72. The number of hydrogen-bond donors (Lipinski definition) is 0. The Balaban J connectivity index is 1.16. The van der Waals surface area contributed by atoms with Crippen LogP contribution in [0.3, 0.4) is 0 Å². The molecule has 0 aromatic heterocycles. The van der Waals surface area contributed by atoms with Gasteiger partial charge in [0.05, 0.1) is 6.61 Å². The van der Waals surface area contributed by atoms with Gasteiger partial charge in [0, 0.05) is 13.2 Å². The van der Waals surface area contributed by atoms with Crippen LogP contribution >= 0.6 is 0 Å². The summed E-state index contributed by atoms with van der Waals surface area (Å²) in [6.45, 7) is 10.4. The third-order valence-electron chi connectivity index (χ3n) is 7.73. The van der Waals surface area contributed by atoms with Gasteiger partial charge in [0.15, 0.2) is 0 Å². The minimum absolute atomic E-state index is 0.451. The first-order valence-electron chi connectivity index (χ1n) is 11.5. The van der Waals surface area contributed by atoms with Crippen molar-refractivity contribution in [2.24, 2.45) is 17.3 Å². The van der Waals surface area contributed by atoms with E-state index in [1.807, 2.05) is 0 Å². The minimum atomic E-state index is 0.451. The minimum Gasteiger partial charge on any atom is -0.377 e. The fraction of sp³-hybridized carbons (Fsp3) is 0.556. The summed E-state index contributed by atoms with van der Waals surface area (Å²) in [5.74, 6) is 2.41. The van der Waals surface area contributed by atoms with Gasteiger partial charge in [0.25, 0.3) is 0 Å². The number of benzene rings is 2. The van der Waals surface area contributed by atoms with Crippen LogP contribution in [0, 0.1) is 17.3 Å². The molecule has 0 bridgehead atoms. The van der Waals surface area contributed by atoms with Gasteiger partial charge in [-0.25, -0.2) is 0 Å². The van der Waals surface area contributed by atoms with Gasteiger partial charge in [-0.3, -0.25) is 0 Å². The third-order valence-corrected chi connectivity index (χ3v) is 7.73. The molecule has 2 fully saturated rings. The molecule has 4 rings (SSSR count). The van der Waals surface area contributed by atoms with Crippen LogP contribution in [0.4, 0.5) is 0 Å². The molecule has 0 radical (unpaired) electrons. The fourth-order valence-corrected chi connectivity index (χ4v) is 5.40. The first-order chi connectivity index (χ1) is 14.1. The van der Waals surface area contributed by atoms with Crippen molar-refractivity contribution in [1.29, 1.82) is 0 Å². The van der Waals surface area contributed by atoms with Crippen molar-refractivity contribution in [2.45, 2.75) is 52.1 Å². The predicted molar refractivity (Wildman–Crippen MR) is 121 cm³/mol. The first kappa shape index (κ1) is 20.6. The molecule has 0 amide bonds. The molecule has 29 heavy (non-hydrogen) atoms. The van der Waals surface area contributed by atoms with Crippen molar-refractivity contribution in [2.75, 3.05) is 26.2 Å². The maximum absolute atomic E-state index is 5.95. The Bertz CT molecular complexity index is 734. The van der Waals surface area contributed by atoms with Crippen LogP contribution in [0.25, 0.3) is 0 Å². The van der Waals surface area contributed by atoms with Crippen molar-refractivity contribution in [3.63, 3.8) is 0 Å². The van der Waals surface area contributed by atoms with Crippen molar-refractivity contribution in [1.82, 2.24) is 4.90 Å². The lowest BCUT2D eigenvalue weighted by atomic mass is 9.53. The summed E-state index contributed by atoms with van der Waals surface area (Å²) in [4.78, 5) is 2.73. The average Bonchev–Trinajstić information content (AvgIpc) is 2.77. The molecule has 2 nitrogen and oxygen atoms in total. The molecule has 0 unspecified atom stereocenters. The second-order valence-electron chi connectivity index (χ2n) is 9.76. The summed E-state index contributed by atoms with van der Waals surface area (Å²) < 4.78 is 5.95. The van der Waals surface area contributed by atoms with E-state index >= 15 is 0 Å². The predicted octanol–water partition coefficient (Wildman–Crippen LogP) is 6.14. The maximum Gasteiger partial charge on any atom is 0.0716 e. The Morgan fingerprint density at radius 1 is 0.897 bits per heavy atom. The van der Waals surface area contributed by atoms with E-state index in [0.29, 0.717) is 5.41 Å². The van der Waals surface area contributed by atoms with E-state index in [9.17, 15) is 0 Å². The zero-order valence-electron chi connectivity index (χ0n) is 18.2. The molecule has 0 N–H and O–H groups in total. The normalized spacial score (nSPS) is 24.9. The van der Waals surface area contributed by atoms with Gasteiger partial charge >= 0.3 is 0 Å². The van der Waals surface area contributed by atoms with Gasteiger partial charge in [-0.15, -0.1) is 0 Å². The molecule has 2 aromatic carbocycles. The molecule has 1 aliphatic carbocycles. The van der Waals surface area contributed by atoms with E-state index in [1.165, 1.54) is 56.4 Å². The Hall–Kier alpha value is -1.64. The highest BCUT2D eigenvalue weighted by atomic mass is 16.5. The molecule has 2 aliphatic rings. The average molecular weight is 392 g/mol. The lowest BCUT2D eigenvalue weighted by Crippen LogP contribution is -2.51. The summed E-state index contributed by atoms with van der Waals surface area (Å²) in [5.41, 5.74) is 3.26. The summed E-state index contributed by atoms with van der Waals surface area (Å²) in [6.07, 6.45) is 5.20. The molecular weight excluding hydrogens is 354 g/mol. The topological polar surface area (TPSA) is 12.5 Å². The largest absolute Gasteiger partial charge is 0.377 e. The number of likely N-dealkylation sites (tertiary alicyclic amines) is 1. The number of hydrogen-bond acceptors (Lipinski definition) is 2. The zero-order valence-corrected chi connectivity index (χ0v) is 18.2. The number of piperidine rings is 1. The van der Waals surface area contributed by atoms with E-state index in [1.54, 1.807) is 0 Å². The smallest absolute Gasteiger partial charge is 0.0716 e. The van der Waals surface area contributed by atoms with Crippen molar-refractivity contribution >= 4 is 0 Å². The monoisotopic (exact) mass is 391 g/mol. The molecule has 0 spiro atoms. The van der Waals surface area contributed by atoms with Gasteiger partial charge < -0.3 is 9.64 Å². The number of nitrogens with zero attached hydrogens (tertiary/aromatic N) is 1. The molecular formula is C27H37NO. The highest BCUT2D eigenvalue weighted by Gasteiger charge is 2.47. The van der Waals surface area contributed by atoms with Crippen LogP contribution in [-0.2, 0) is 11.3 Å². The molecule has 1 saturated carbocycles. The van der Waals surface area contributed by atoms with Crippen molar-refractivity contribution < 1.29 is 4.74 Å². The van der Waals surface area contributed by atoms with Crippen molar-refractivity contribution in [3.8, 4) is 0 Å². The van der Waals surface area contributed by atoms with Crippen LogP contribution in [0.2, 0.25) is 0 Å². The zero-order chi connectivity index (χ0) is 20.1. The lowest BCUT2D eigenvalue weighted by Gasteiger charge is -2.54. The second-order valence-corrected chi connectivity index (χ2v) is 9.76. The summed E-state index contributed by atoms with van der Waals surface area (Å²) in [5, 5.41) is 0. The maximum atomic E-state index is 5.95. The van der Waals surface area contributed by atoms with E-state index in [2.05, 4.69) is 79.4 Å². The standard InChI is InChI=1S/C27H37NO/c1-27(2)25(15-18-29-21-22-9-5-3-6-10-22)19-26(27)20-28-16-13-24(14-17-28)23-11-7-4-8-12-23/h3-12,24-26H,13-21H2,1-2H3/t25-,26-/m1/s1. The van der Waals surface area contributed by atoms with Crippen molar-refractivity contribution in [3.05, 3.63) is 71.8 Å². The van der Waals surface area contributed by atoms with E-state index < -0.39 is 0 Å².